The molecule has 3 aromatic rings. The SMILES string of the molecule is CC(C)CCOc1ccc2c(c1)[C@@H](C(=O)NCCC(=O)Oc1ccc(-c3ccccc3)cc1)N(C(=O)OC(C)(C)C)CC2. The Labute approximate surface area is 254 Å². The minimum Gasteiger partial charge on any atom is -0.494 e. The van der Waals surface area contributed by atoms with Crippen molar-refractivity contribution < 1.29 is 28.6 Å². The van der Waals surface area contributed by atoms with Crippen molar-refractivity contribution in [3.8, 4) is 22.6 Å². The Morgan fingerprint density at radius 2 is 1.60 bits per heavy atom. The van der Waals surface area contributed by atoms with Gasteiger partial charge in [0.15, 0.2) is 0 Å². The number of carbonyl (C=O) groups is 3. The zero-order valence-corrected chi connectivity index (χ0v) is 25.7. The fourth-order valence-electron chi connectivity index (χ4n) is 4.81. The van der Waals surface area contributed by atoms with E-state index >= 15 is 0 Å². The number of nitrogens with zero attached hydrogens (tertiary/aromatic N) is 1. The molecule has 43 heavy (non-hydrogen) atoms. The molecular formula is C35H42N2O6. The Kier molecular flexibility index (Phi) is 10.5. The van der Waals surface area contributed by atoms with Crippen molar-refractivity contribution in [2.45, 2.75) is 65.5 Å². The fraction of sp³-hybridized carbons (Fsp3) is 0.400. The Hall–Kier alpha value is -4.33. The van der Waals surface area contributed by atoms with Crippen molar-refractivity contribution >= 4 is 18.0 Å². The molecule has 8 heteroatoms. The third-order valence-electron chi connectivity index (χ3n) is 7.01. The van der Waals surface area contributed by atoms with Crippen LogP contribution in [0.3, 0.4) is 0 Å². The van der Waals surface area contributed by atoms with Gasteiger partial charge in [-0.25, -0.2) is 4.79 Å². The fourth-order valence-corrected chi connectivity index (χ4v) is 4.81. The highest BCUT2D eigenvalue weighted by Crippen LogP contribution is 2.34. The Bertz CT molecular complexity index is 1400. The molecule has 2 amide bonds. The van der Waals surface area contributed by atoms with Gasteiger partial charge in [-0.2, -0.15) is 0 Å². The summed E-state index contributed by atoms with van der Waals surface area (Å²) in [5.74, 6) is 0.704. The van der Waals surface area contributed by atoms with Gasteiger partial charge in [-0.1, -0.05) is 62.4 Å². The van der Waals surface area contributed by atoms with E-state index in [9.17, 15) is 14.4 Å². The average Bonchev–Trinajstić information content (AvgIpc) is 2.96. The van der Waals surface area contributed by atoms with E-state index in [1.165, 1.54) is 4.90 Å². The first-order valence-electron chi connectivity index (χ1n) is 14.9. The Morgan fingerprint density at radius 1 is 0.930 bits per heavy atom. The van der Waals surface area contributed by atoms with Crippen molar-refractivity contribution in [3.05, 3.63) is 83.9 Å². The molecule has 0 fully saturated rings. The molecule has 1 atom stereocenters. The topological polar surface area (TPSA) is 94.2 Å². The van der Waals surface area contributed by atoms with Gasteiger partial charge >= 0.3 is 12.1 Å². The maximum absolute atomic E-state index is 13.6. The predicted octanol–water partition coefficient (Wildman–Crippen LogP) is 6.72. The van der Waals surface area contributed by atoms with Crippen molar-refractivity contribution in [2.75, 3.05) is 19.7 Å². The van der Waals surface area contributed by atoms with Crippen molar-refractivity contribution in [1.82, 2.24) is 10.2 Å². The van der Waals surface area contributed by atoms with Gasteiger partial charge in [0, 0.05) is 13.1 Å². The van der Waals surface area contributed by atoms with Crippen LogP contribution in [-0.4, -0.2) is 48.2 Å². The second-order valence-electron chi connectivity index (χ2n) is 12.1. The molecule has 0 saturated heterocycles. The molecule has 4 rings (SSSR count). The lowest BCUT2D eigenvalue weighted by molar-refractivity contribution is -0.134. The monoisotopic (exact) mass is 586 g/mol. The van der Waals surface area contributed by atoms with Crippen LogP contribution in [-0.2, 0) is 20.7 Å². The molecule has 228 valence electrons. The highest BCUT2D eigenvalue weighted by Gasteiger charge is 2.38. The molecule has 1 aliphatic rings. The number of hydrogen-bond acceptors (Lipinski definition) is 6. The van der Waals surface area contributed by atoms with Gasteiger partial charge in [0.05, 0.1) is 13.0 Å². The predicted molar refractivity (Wildman–Crippen MR) is 166 cm³/mol. The van der Waals surface area contributed by atoms with Gasteiger partial charge in [-0.15, -0.1) is 0 Å². The van der Waals surface area contributed by atoms with Crippen LogP contribution in [0, 0.1) is 5.92 Å². The van der Waals surface area contributed by atoms with Gasteiger partial charge in [0.1, 0.15) is 23.1 Å². The number of esters is 1. The van der Waals surface area contributed by atoms with Gasteiger partial charge in [-0.05, 0) is 86.1 Å². The standard InChI is InChI=1S/C35H42N2O6/c1-24(2)19-22-41-29-16-13-27-18-21-37(34(40)43-35(3,4)5)32(30(27)23-29)33(39)36-20-17-31(38)42-28-14-11-26(12-15-28)25-9-7-6-8-10-25/h6-16,23-24,32H,17-22H2,1-5H3,(H,36,39)/t32-/m0/s1. The largest absolute Gasteiger partial charge is 0.494 e. The van der Waals surface area contributed by atoms with Crippen LogP contribution in [0.25, 0.3) is 11.1 Å². The summed E-state index contributed by atoms with van der Waals surface area (Å²) in [7, 11) is 0. The van der Waals surface area contributed by atoms with Gasteiger partial charge in [-0.3, -0.25) is 14.5 Å². The summed E-state index contributed by atoms with van der Waals surface area (Å²) < 4.78 is 17.1. The van der Waals surface area contributed by atoms with Crippen LogP contribution >= 0.6 is 0 Å². The van der Waals surface area contributed by atoms with E-state index in [-0.39, 0.29) is 13.0 Å². The molecule has 0 spiro atoms. The molecule has 1 N–H and O–H groups in total. The molecule has 1 aliphatic heterocycles. The summed E-state index contributed by atoms with van der Waals surface area (Å²) in [5, 5.41) is 2.84. The molecule has 0 radical (unpaired) electrons. The molecular weight excluding hydrogens is 544 g/mol. The lowest BCUT2D eigenvalue weighted by atomic mass is 9.92. The third kappa shape index (κ3) is 9.08. The number of carbonyl (C=O) groups excluding carboxylic acids is 3. The lowest BCUT2D eigenvalue weighted by Gasteiger charge is -2.37. The highest BCUT2D eigenvalue weighted by atomic mass is 16.6. The molecule has 0 saturated carbocycles. The highest BCUT2D eigenvalue weighted by molar-refractivity contribution is 5.88. The quantitative estimate of drug-likeness (QED) is 0.209. The second kappa shape index (κ2) is 14.2. The molecule has 0 aromatic heterocycles. The van der Waals surface area contributed by atoms with E-state index < -0.39 is 29.6 Å². The van der Waals surface area contributed by atoms with Crippen molar-refractivity contribution in [3.63, 3.8) is 0 Å². The van der Waals surface area contributed by atoms with Gasteiger partial charge in [0.2, 0.25) is 5.91 Å². The third-order valence-corrected chi connectivity index (χ3v) is 7.01. The number of fused-ring (bicyclic) bond motifs is 1. The lowest BCUT2D eigenvalue weighted by Crippen LogP contribution is -2.49. The van der Waals surface area contributed by atoms with Crippen LogP contribution < -0.4 is 14.8 Å². The van der Waals surface area contributed by atoms with Gasteiger partial charge < -0.3 is 19.5 Å². The van der Waals surface area contributed by atoms with E-state index in [0.29, 0.717) is 42.6 Å². The first kappa shape index (κ1) is 31.6. The normalized spacial score (nSPS) is 14.6. The summed E-state index contributed by atoms with van der Waals surface area (Å²) in [6.07, 6.45) is 0.886. The van der Waals surface area contributed by atoms with E-state index in [1.807, 2.05) is 60.7 Å². The van der Waals surface area contributed by atoms with Crippen LogP contribution in [0.5, 0.6) is 11.5 Å². The number of nitrogens with one attached hydrogen (secondary N) is 1. The first-order chi connectivity index (χ1) is 20.5. The Balaban J connectivity index is 1.41. The molecule has 1 heterocycles. The maximum Gasteiger partial charge on any atom is 0.411 e. The first-order valence-corrected chi connectivity index (χ1v) is 14.9. The number of hydrogen-bond donors (Lipinski definition) is 1. The smallest absolute Gasteiger partial charge is 0.411 e. The summed E-state index contributed by atoms with van der Waals surface area (Å²) in [4.78, 5) is 40.8. The van der Waals surface area contributed by atoms with E-state index in [4.69, 9.17) is 14.2 Å². The van der Waals surface area contributed by atoms with Crippen LogP contribution in [0.2, 0.25) is 0 Å². The molecule has 0 bridgehead atoms. The van der Waals surface area contributed by atoms with E-state index in [2.05, 4.69) is 19.2 Å². The molecule has 8 nitrogen and oxygen atoms in total. The van der Waals surface area contributed by atoms with Crippen LogP contribution in [0.4, 0.5) is 4.79 Å². The van der Waals surface area contributed by atoms with E-state index in [1.54, 1.807) is 32.9 Å². The van der Waals surface area contributed by atoms with Crippen LogP contribution in [0.15, 0.2) is 72.8 Å². The summed E-state index contributed by atoms with van der Waals surface area (Å²) in [6.45, 7) is 10.6. The van der Waals surface area contributed by atoms with Crippen molar-refractivity contribution in [2.24, 2.45) is 5.92 Å². The zero-order chi connectivity index (χ0) is 31.0. The summed E-state index contributed by atoms with van der Waals surface area (Å²) in [6, 6.07) is 22.0. The number of ether oxygens (including phenoxy) is 3. The number of rotatable bonds is 10. The zero-order valence-electron chi connectivity index (χ0n) is 25.7. The molecule has 0 unspecified atom stereocenters. The Morgan fingerprint density at radius 3 is 2.28 bits per heavy atom. The summed E-state index contributed by atoms with van der Waals surface area (Å²) in [5.41, 5.74) is 3.03. The van der Waals surface area contributed by atoms with E-state index in [0.717, 1.165) is 23.1 Å². The molecule has 0 aliphatic carbocycles. The van der Waals surface area contributed by atoms with Gasteiger partial charge in [0.25, 0.3) is 0 Å². The second-order valence-corrected chi connectivity index (χ2v) is 12.1. The van der Waals surface area contributed by atoms with Crippen LogP contribution in [0.1, 0.15) is 64.6 Å². The number of benzene rings is 3. The average molecular weight is 587 g/mol. The maximum atomic E-state index is 13.6. The molecule has 3 aromatic carbocycles. The minimum absolute atomic E-state index is 0.0312. The van der Waals surface area contributed by atoms with Crippen molar-refractivity contribution in [1.29, 1.82) is 0 Å². The number of amides is 2. The minimum atomic E-state index is -0.922. The summed E-state index contributed by atoms with van der Waals surface area (Å²) >= 11 is 0.